The smallest absolute Gasteiger partial charge is 0.331 e. The SMILES string of the molecule is CC1=CC(=O)O[C@H]1CC(=O)C(C)(C)C. The maximum Gasteiger partial charge on any atom is 0.331 e. The minimum Gasteiger partial charge on any atom is -0.454 e. The summed E-state index contributed by atoms with van der Waals surface area (Å²) in [5.74, 6) is -0.223. The van der Waals surface area contributed by atoms with Gasteiger partial charge in [0.25, 0.3) is 0 Å². The standard InChI is InChI=1S/C11H16O3/c1-7-5-10(13)14-8(7)6-9(12)11(2,3)4/h5,8H,6H2,1-4H3/t8-/m0/s1. The van der Waals surface area contributed by atoms with Crippen LogP contribution in [0.3, 0.4) is 0 Å². The number of hydrogen-bond acceptors (Lipinski definition) is 3. The Bertz CT molecular complexity index is 294. The van der Waals surface area contributed by atoms with Gasteiger partial charge in [-0.2, -0.15) is 0 Å². The van der Waals surface area contributed by atoms with Gasteiger partial charge in [-0.15, -0.1) is 0 Å². The van der Waals surface area contributed by atoms with Crippen LogP contribution in [0.25, 0.3) is 0 Å². The number of esters is 1. The number of hydrogen-bond donors (Lipinski definition) is 0. The van der Waals surface area contributed by atoms with E-state index in [4.69, 9.17) is 4.74 Å². The van der Waals surface area contributed by atoms with Gasteiger partial charge in [0.1, 0.15) is 11.9 Å². The highest BCUT2D eigenvalue weighted by Crippen LogP contribution is 2.24. The summed E-state index contributed by atoms with van der Waals surface area (Å²) < 4.78 is 4.99. The Labute approximate surface area is 84.1 Å². The van der Waals surface area contributed by atoms with E-state index in [2.05, 4.69) is 0 Å². The molecule has 1 aliphatic rings. The van der Waals surface area contributed by atoms with Crippen LogP contribution in [-0.4, -0.2) is 17.9 Å². The molecule has 0 saturated carbocycles. The summed E-state index contributed by atoms with van der Waals surface area (Å²) in [5.41, 5.74) is 0.475. The molecule has 0 aromatic carbocycles. The van der Waals surface area contributed by atoms with Gasteiger partial charge in [0.15, 0.2) is 0 Å². The second-order valence-electron chi connectivity index (χ2n) is 4.69. The molecule has 0 aliphatic carbocycles. The number of ketones is 1. The minimum absolute atomic E-state index is 0.116. The van der Waals surface area contributed by atoms with Crippen LogP contribution < -0.4 is 0 Å². The Kier molecular flexibility index (Phi) is 2.79. The summed E-state index contributed by atoms with van der Waals surface area (Å²) in [4.78, 5) is 22.5. The average molecular weight is 196 g/mol. The van der Waals surface area contributed by atoms with Gasteiger partial charge in [0.05, 0.1) is 0 Å². The number of cyclic esters (lactones) is 1. The molecule has 0 N–H and O–H groups in total. The van der Waals surface area contributed by atoms with E-state index in [1.165, 1.54) is 6.08 Å². The molecule has 0 fully saturated rings. The Balaban J connectivity index is 2.60. The molecule has 78 valence electrons. The second kappa shape index (κ2) is 3.56. The lowest BCUT2D eigenvalue weighted by Crippen LogP contribution is -2.26. The summed E-state index contributed by atoms with van der Waals surface area (Å²) in [7, 11) is 0. The maximum atomic E-state index is 11.7. The van der Waals surface area contributed by atoms with E-state index < -0.39 is 0 Å². The van der Waals surface area contributed by atoms with Gasteiger partial charge in [0.2, 0.25) is 0 Å². The number of ether oxygens (including phenoxy) is 1. The number of Topliss-reactive ketones (excluding diaryl/α,β-unsaturated/α-hetero) is 1. The lowest BCUT2D eigenvalue weighted by Gasteiger charge is -2.19. The lowest BCUT2D eigenvalue weighted by atomic mass is 9.87. The predicted octanol–water partition coefficient (Wildman–Crippen LogP) is 1.86. The molecule has 1 atom stereocenters. The van der Waals surface area contributed by atoms with Crippen molar-refractivity contribution in [3.8, 4) is 0 Å². The van der Waals surface area contributed by atoms with Crippen molar-refractivity contribution in [1.29, 1.82) is 0 Å². The van der Waals surface area contributed by atoms with Crippen LogP contribution in [0.5, 0.6) is 0 Å². The van der Waals surface area contributed by atoms with Crippen LogP contribution >= 0.6 is 0 Å². The van der Waals surface area contributed by atoms with Crippen molar-refractivity contribution < 1.29 is 14.3 Å². The van der Waals surface area contributed by atoms with Gasteiger partial charge < -0.3 is 4.74 Å². The zero-order valence-corrected chi connectivity index (χ0v) is 9.09. The minimum atomic E-state index is -0.366. The van der Waals surface area contributed by atoms with Crippen molar-refractivity contribution in [3.63, 3.8) is 0 Å². The van der Waals surface area contributed by atoms with Crippen molar-refractivity contribution in [2.45, 2.75) is 40.2 Å². The molecule has 1 rings (SSSR count). The number of carbonyl (C=O) groups excluding carboxylic acids is 2. The molecule has 0 spiro atoms. The third-order valence-corrected chi connectivity index (χ3v) is 2.32. The summed E-state index contributed by atoms with van der Waals surface area (Å²) in [6.07, 6.45) is 1.40. The second-order valence-corrected chi connectivity index (χ2v) is 4.69. The zero-order chi connectivity index (χ0) is 10.9. The van der Waals surface area contributed by atoms with Gasteiger partial charge in [-0.05, 0) is 12.5 Å². The number of carbonyl (C=O) groups is 2. The van der Waals surface area contributed by atoms with Crippen LogP contribution in [0, 0.1) is 5.41 Å². The molecule has 0 aromatic rings. The molecule has 0 saturated heterocycles. The van der Waals surface area contributed by atoms with E-state index in [9.17, 15) is 9.59 Å². The first-order valence-electron chi connectivity index (χ1n) is 4.73. The van der Waals surface area contributed by atoms with Crippen LogP contribution in [0.4, 0.5) is 0 Å². The maximum absolute atomic E-state index is 11.7. The first kappa shape index (κ1) is 11.0. The fourth-order valence-electron chi connectivity index (χ4n) is 1.22. The molecule has 0 aromatic heterocycles. The predicted molar refractivity (Wildman–Crippen MR) is 52.7 cm³/mol. The molecule has 3 heteroatoms. The Hall–Kier alpha value is -1.12. The van der Waals surface area contributed by atoms with E-state index in [0.29, 0.717) is 0 Å². The van der Waals surface area contributed by atoms with Crippen molar-refractivity contribution in [2.75, 3.05) is 0 Å². The third kappa shape index (κ3) is 2.44. The Morgan fingerprint density at radius 3 is 2.43 bits per heavy atom. The van der Waals surface area contributed by atoms with Gasteiger partial charge in [-0.25, -0.2) is 4.79 Å². The van der Waals surface area contributed by atoms with Gasteiger partial charge >= 0.3 is 5.97 Å². The van der Waals surface area contributed by atoms with Crippen molar-refractivity contribution in [3.05, 3.63) is 11.6 Å². The molecule has 0 unspecified atom stereocenters. The third-order valence-electron chi connectivity index (χ3n) is 2.32. The van der Waals surface area contributed by atoms with E-state index in [1.54, 1.807) is 0 Å². The van der Waals surface area contributed by atoms with Crippen LogP contribution in [0.2, 0.25) is 0 Å². The summed E-state index contributed by atoms with van der Waals surface area (Å²) in [5, 5.41) is 0. The molecule has 0 bridgehead atoms. The van der Waals surface area contributed by atoms with Crippen molar-refractivity contribution in [2.24, 2.45) is 5.41 Å². The molecular weight excluding hydrogens is 180 g/mol. The first-order valence-corrected chi connectivity index (χ1v) is 4.73. The van der Waals surface area contributed by atoms with E-state index in [-0.39, 0.29) is 29.7 Å². The lowest BCUT2D eigenvalue weighted by molar-refractivity contribution is -0.141. The highest BCUT2D eigenvalue weighted by Gasteiger charge is 2.30. The van der Waals surface area contributed by atoms with Crippen molar-refractivity contribution in [1.82, 2.24) is 0 Å². The molecule has 1 heterocycles. The van der Waals surface area contributed by atoms with E-state index in [0.717, 1.165) is 5.57 Å². The van der Waals surface area contributed by atoms with Gasteiger partial charge in [-0.3, -0.25) is 4.79 Å². The fourth-order valence-corrected chi connectivity index (χ4v) is 1.22. The normalized spacial score (nSPS) is 21.9. The Morgan fingerprint density at radius 1 is 1.50 bits per heavy atom. The molecule has 0 amide bonds. The fraction of sp³-hybridized carbons (Fsp3) is 0.636. The van der Waals surface area contributed by atoms with Gasteiger partial charge in [-0.1, -0.05) is 20.8 Å². The molecule has 14 heavy (non-hydrogen) atoms. The largest absolute Gasteiger partial charge is 0.454 e. The molecule has 1 aliphatic heterocycles. The monoisotopic (exact) mass is 196 g/mol. The van der Waals surface area contributed by atoms with E-state index in [1.807, 2.05) is 27.7 Å². The zero-order valence-electron chi connectivity index (χ0n) is 9.09. The molecular formula is C11H16O3. The van der Waals surface area contributed by atoms with Crippen LogP contribution in [0.1, 0.15) is 34.1 Å². The quantitative estimate of drug-likeness (QED) is 0.633. The van der Waals surface area contributed by atoms with Gasteiger partial charge in [0, 0.05) is 17.9 Å². The average Bonchev–Trinajstić information content (AvgIpc) is 2.28. The highest BCUT2D eigenvalue weighted by atomic mass is 16.5. The number of rotatable bonds is 2. The highest BCUT2D eigenvalue weighted by molar-refractivity contribution is 5.89. The topological polar surface area (TPSA) is 43.4 Å². The summed E-state index contributed by atoms with van der Waals surface area (Å²) in [6, 6.07) is 0. The summed E-state index contributed by atoms with van der Waals surface area (Å²) in [6.45, 7) is 7.41. The first-order chi connectivity index (χ1) is 6.30. The van der Waals surface area contributed by atoms with Crippen LogP contribution in [-0.2, 0) is 14.3 Å². The van der Waals surface area contributed by atoms with Crippen molar-refractivity contribution >= 4 is 11.8 Å². The summed E-state index contributed by atoms with van der Waals surface area (Å²) >= 11 is 0. The molecule has 3 nitrogen and oxygen atoms in total. The van der Waals surface area contributed by atoms with E-state index >= 15 is 0 Å². The molecule has 0 radical (unpaired) electrons. The Morgan fingerprint density at radius 2 is 2.07 bits per heavy atom. The van der Waals surface area contributed by atoms with Crippen LogP contribution in [0.15, 0.2) is 11.6 Å².